The third-order valence-electron chi connectivity index (χ3n) is 4.80. The highest BCUT2D eigenvalue weighted by Gasteiger charge is 2.22. The van der Waals surface area contributed by atoms with Gasteiger partial charge in [0, 0.05) is 27.2 Å². The van der Waals surface area contributed by atoms with Crippen molar-refractivity contribution in [2.45, 2.75) is 45.3 Å². The standard InChI is InChI=1S/C22H26N4O3S3/c1-6-8-16-10-15(11-30-16)19-24-25-22(26(19)9-7-2)31-12-17(27)23-20-18(21(28)29-5)13(3)14(4)32-20/h7,10-11H,2,6,8-9,12H2,1,3-5H3,(H,23,27). The Bertz CT molecular complexity index is 1130. The molecule has 7 nitrogen and oxygen atoms in total. The van der Waals surface area contributed by atoms with E-state index in [2.05, 4.69) is 40.5 Å². The van der Waals surface area contributed by atoms with Crippen molar-refractivity contribution in [2.24, 2.45) is 0 Å². The summed E-state index contributed by atoms with van der Waals surface area (Å²) in [6.07, 6.45) is 3.92. The highest BCUT2D eigenvalue weighted by Crippen LogP contribution is 2.33. The molecule has 3 aromatic heterocycles. The maximum absolute atomic E-state index is 12.6. The maximum Gasteiger partial charge on any atom is 0.341 e. The minimum absolute atomic E-state index is 0.136. The number of aromatic nitrogens is 3. The zero-order valence-electron chi connectivity index (χ0n) is 18.6. The molecule has 32 heavy (non-hydrogen) atoms. The van der Waals surface area contributed by atoms with Crippen molar-refractivity contribution in [1.82, 2.24) is 14.8 Å². The van der Waals surface area contributed by atoms with E-state index in [-0.39, 0.29) is 11.7 Å². The van der Waals surface area contributed by atoms with Crippen molar-refractivity contribution in [3.05, 3.63) is 45.0 Å². The molecule has 1 amide bonds. The van der Waals surface area contributed by atoms with E-state index in [1.54, 1.807) is 17.4 Å². The molecule has 0 bridgehead atoms. The fourth-order valence-electron chi connectivity index (χ4n) is 3.13. The number of amides is 1. The van der Waals surface area contributed by atoms with E-state index in [9.17, 15) is 9.59 Å². The van der Waals surface area contributed by atoms with E-state index < -0.39 is 5.97 Å². The van der Waals surface area contributed by atoms with Gasteiger partial charge >= 0.3 is 5.97 Å². The molecule has 170 valence electrons. The molecule has 0 saturated heterocycles. The lowest BCUT2D eigenvalue weighted by molar-refractivity contribution is -0.113. The summed E-state index contributed by atoms with van der Waals surface area (Å²) in [5, 5.41) is 14.8. The first kappa shape index (κ1) is 24.2. The van der Waals surface area contributed by atoms with Crippen LogP contribution in [-0.4, -0.2) is 39.5 Å². The molecule has 3 rings (SSSR count). The van der Waals surface area contributed by atoms with E-state index in [1.165, 1.54) is 35.1 Å². The predicted molar refractivity (Wildman–Crippen MR) is 132 cm³/mol. The lowest BCUT2D eigenvalue weighted by atomic mass is 10.1. The molecule has 3 heterocycles. The molecule has 0 aliphatic rings. The van der Waals surface area contributed by atoms with Gasteiger partial charge in [0.25, 0.3) is 0 Å². The van der Waals surface area contributed by atoms with E-state index >= 15 is 0 Å². The van der Waals surface area contributed by atoms with Gasteiger partial charge in [-0.25, -0.2) is 4.79 Å². The summed E-state index contributed by atoms with van der Waals surface area (Å²) in [5.74, 6) is 0.223. The van der Waals surface area contributed by atoms with Gasteiger partial charge < -0.3 is 10.1 Å². The number of carbonyl (C=O) groups is 2. The minimum atomic E-state index is -0.455. The molecule has 10 heteroatoms. The minimum Gasteiger partial charge on any atom is -0.465 e. The fraction of sp³-hybridized carbons (Fsp3) is 0.364. The monoisotopic (exact) mass is 490 g/mol. The number of nitrogens with zero attached hydrogens (tertiary/aromatic N) is 3. The summed E-state index contributed by atoms with van der Waals surface area (Å²) in [6, 6.07) is 2.15. The number of allylic oxidation sites excluding steroid dienone is 1. The molecular weight excluding hydrogens is 464 g/mol. The normalized spacial score (nSPS) is 10.9. The van der Waals surface area contributed by atoms with Crippen molar-refractivity contribution < 1.29 is 14.3 Å². The zero-order valence-corrected chi connectivity index (χ0v) is 21.0. The van der Waals surface area contributed by atoms with Crippen LogP contribution in [0.1, 0.15) is 39.0 Å². The highest BCUT2D eigenvalue weighted by molar-refractivity contribution is 7.99. The third-order valence-corrected chi connectivity index (χ3v) is 7.88. The van der Waals surface area contributed by atoms with E-state index in [0.717, 1.165) is 34.7 Å². The Balaban J connectivity index is 1.74. The lowest BCUT2D eigenvalue weighted by Crippen LogP contribution is -2.16. The quantitative estimate of drug-likeness (QED) is 0.234. The van der Waals surface area contributed by atoms with Crippen LogP contribution in [0, 0.1) is 13.8 Å². The van der Waals surface area contributed by atoms with Gasteiger partial charge in [-0.2, -0.15) is 0 Å². The van der Waals surface area contributed by atoms with Gasteiger partial charge in [0.2, 0.25) is 5.91 Å². The van der Waals surface area contributed by atoms with Crippen LogP contribution in [0.5, 0.6) is 0 Å². The van der Waals surface area contributed by atoms with Crippen molar-refractivity contribution in [3.63, 3.8) is 0 Å². The first-order valence-electron chi connectivity index (χ1n) is 10.1. The predicted octanol–water partition coefficient (Wildman–Crippen LogP) is 5.34. The number of nitrogens with one attached hydrogen (secondary N) is 1. The zero-order chi connectivity index (χ0) is 23.3. The topological polar surface area (TPSA) is 86.1 Å². The van der Waals surface area contributed by atoms with E-state index in [1.807, 2.05) is 18.4 Å². The number of thioether (sulfide) groups is 1. The summed E-state index contributed by atoms with van der Waals surface area (Å²) < 4.78 is 6.83. The van der Waals surface area contributed by atoms with Gasteiger partial charge in [-0.1, -0.05) is 31.2 Å². The van der Waals surface area contributed by atoms with Gasteiger partial charge in [-0.3, -0.25) is 9.36 Å². The number of anilines is 1. The molecular formula is C22H26N4O3S3. The average Bonchev–Trinajstić information content (AvgIpc) is 3.45. The third kappa shape index (κ3) is 5.31. The van der Waals surface area contributed by atoms with Gasteiger partial charge in [-0.05, 0) is 31.9 Å². The van der Waals surface area contributed by atoms with Gasteiger partial charge in [0.15, 0.2) is 11.0 Å². The first-order chi connectivity index (χ1) is 15.4. The molecule has 0 fully saturated rings. The van der Waals surface area contributed by atoms with Gasteiger partial charge in [0.1, 0.15) is 5.00 Å². The smallest absolute Gasteiger partial charge is 0.341 e. The maximum atomic E-state index is 12.6. The van der Waals surface area contributed by atoms with Crippen LogP contribution < -0.4 is 5.32 Å². The van der Waals surface area contributed by atoms with Crippen LogP contribution in [-0.2, 0) is 22.5 Å². The Kier molecular flexibility index (Phi) is 8.27. The molecule has 0 radical (unpaired) electrons. The number of hydrogen-bond acceptors (Lipinski definition) is 8. The Hall–Kier alpha value is -2.43. The molecule has 3 aromatic rings. The van der Waals surface area contributed by atoms with Gasteiger partial charge in [-0.15, -0.1) is 39.4 Å². The van der Waals surface area contributed by atoms with Gasteiger partial charge in [0.05, 0.1) is 18.4 Å². The molecule has 0 saturated carbocycles. The van der Waals surface area contributed by atoms with Crippen LogP contribution in [0.3, 0.4) is 0 Å². The largest absolute Gasteiger partial charge is 0.465 e. The van der Waals surface area contributed by atoms with Crippen molar-refractivity contribution in [1.29, 1.82) is 0 Å². The Morgan fingerprint density at radius 2 is 2.12 bits per heavy atom. The SMILES string of the molecule is C=CCn1c(SCC(=O)Nc2sc(C)c(C)c2C(=O)OC)nnc1-c1csc(CCC)c1. The first-order valence-corrected chi connectivity index (χ1v) is 12.8. The highest BCUT2D eigenvalue weighted by atomic mass is 32.2. The summed E-state index contributed by atoms with van der Waals surface area (Å²) in [7, 11) is 1.33. The Labute approximate surface area is 199 Å². The molecule has 0 aliphatic carbocycles. The number of esters is 1. The molecule has 0 unspecified atom stereocenters. The van der Waals surface area contributed by atoms with E-state index in [0.29, 0.717) is 22.3 Å². The van der Waals surface area contributed by atoms with Crippen molar-refractivity contribution >= 4 is 51.3 Å². The number of rotatable bonds is 10. The summed E-state index contributed by atoms with van der Waals surface area (Å²) >= 11 is 4.38. The van der Waals surface area contributed by atoms with E-state index in [4.69, 9.17) is 4.74 Å². The van der Waals surface area contributed by atoms with Crippen molar-refractivity contribution in [3.8, 4) is 11.4 Å². The number of ether oxygens (including phenoxy) is 1. The molecule has 0 spiro atoms. The average molecular weight is 491 g/mol. The van der Waals surface area contributed by atoms with Crippen LogP contribution >= 0.6 is 34.4 Å². The second-order valence-electron chi connectivity index (χ2n) is 7.07. The number of thiophene rings is 2. The second-order valence-corrected chi connectivity index (χ2v) is 10.2. The summed E-state index contributed by atoms with van der Waals surface area (Å²) in [6.45, 7) is 10.3. The van der Waals surface area contributed by atoms with Crippen LogP contribution in [0.15, 0.2) is 29.3 Å². The van der Waals surface area contributed by atoms with Crippen LogP contribution in [0.4, 0.5) is 5.00 Å². The molecule has 0 aliphatic heterocycles. The Morgan fingerprint density at radius 1 is 1.34 bits per heavy atom. The molecule has 1 N–H and O–H groups in total. The second kappa shape index (κ2) is 10.9. The number of aryl methyl sites for hydroxylation is 2. The number of methoxy groups -OCH3 is 1. The number of hydrogen-bond donors (Lipinski definition) is 1. The summed E-state index contributed by atoms with van der Waals surface area (Å²) in [5.41, 5.74) is 2.25. The summed E-state index contributed by atoms with van der Waals surface area (Å²) in [4.78, 5) is 27.0. The van der Waals surface area contributed by atoms with Crippen LogP contribution in [0.25, 0.3) is 11.4 Å². The number of carbonyl (C=O) groups excluding carboxylic acids is 2. The van der Waals surface area contributed by atoms with Crippen molar-refractivity contribution in [2.75, 3.05) is 18.2 Å². The van der Waals surface area contributed by atoms with Crippen LogP contribution in [0.2, 0.25) is 0 Å². The lowest BCUT2D eigenvalue weighted by Gasteiger charge is -2.08. The molecule has 0 aromatic carbocycles. The Morgan fingerprint density at radius 3 is 2.81 bits per heavy atom. The molecule has 0 atom stereocenters. The fourth-order valence-corrected chi connectivity index (χ4v) is 5.92.